The van der Waals surface area contributed by atoms with Gasteiger partial charge in [-0.05, 0) is 55.2 Å². The van der Waals surface area contributed by atoms with Crippen LogP contribution in [0.5, 0.6) is 0 Å². The zero-order chi connectivity index (χ0) is 19.0. The predicted molar refractivity (Wildman–Crippen MR) is 104 cm³/mol. The Kier molecular flexibility index (Phi) is 5.19. The Morgan fingerprint density at radius 3 is 2.78 bits per heavy atom. The van der Waals surface area contributed by atoms with Gasteiger partial charge >= 0.3 is 5.97 Å². The highest BCUT2D eigenvalue weighted by Gasteiger charge is 2.36. The third-order valence-electron chi connectivity index (χ3n) is 6.24. The summed E-state index contributed by atoms with van der Waals surface area (Å²) in [6.45, 7) is 1.94. The van der Waals surface area contributed by atoms with Gasteiger partial charge in [-0.1, -0.05) is 12.1 Å². The Bertz CT molecular complexity index is 725. The summed E-state index contributed by atoms with van der Waals surface area (Å²) >= 11 is 0. The molecule has 0 bridgehead atoms. The van der Waals surface area contributed by atoms with Crippen molar-refractivity contribution in [2.45, 2.75) is 57.2 Å². The van der Waals surface area contributed by atoms with Crippen molar-refractivity contribution in [1.29, 1.82) is 0 Å². The SMILES string of the molecule is CN1C(=O)CCc2cc(CNC3CC(N(CC(=O)O)CC4CC4)C3)ccc21. The summed E-state index contributed by atoms with van der Waals surface area (Å²) in [5, 5.41) is 12.8. The Morgan fingerprint density at radius 2 is 2.07 bits per heavy atom. The molecule has 0 radical (unpaired) electrons. The summed E-state index contributed by atoms with van der Waals surface area (Å²) in [4.78, 5) is 26.9. The smallest absolute Gasteiger partial charge is 0.317 e. The van der Waals surface area contributed by atoms with Crippen LogP contribution >= 0.6 is 0 Å². The van der Waals surface area contributed by atoms with E-state index in [-0.39, 0.29) is 12.5 Å². The lowest BCUT2D eigenvalue weighted by Gasteiger charge is -2.43. The third-order valence-corrected chi connectivity index (χ3v) is 6.24. The Labute approximate surface area is 160 Å². The number of nitrogens with one attached hydrogen (secondary N) is 1. The van der Waals surface area contributed by atoms with E-state index in [1.54, 1.807) is 4.90 Å². The highest BCUT2D eigenvalue weighted by molar-refractivity contribution is 5.95. The van der Waals surface area contributed by atoms with Crippen molar-refractivity contribution in [2.75, 3.05) is 25.0 Å². The molecule has 1 aromatic carbocycles. The molecule has 2 aliphatic carbocycles. The maximum absolute atomic E-state index is 11.8. The predicted octanol–water partition coefficient (Wildman–Crippen LogP) is 2.01. The Morgan fingerprint density at radius 1 is 1.30 bits per heavy atom. The molecule has 6 heteroatoms. The number of carbonyl (C=O) groups is 2. The molecule has 6 nitrogen and oxygen atoms in total. The van der Waals surface area contributed by atoms with Gasteiger partial charge in [-0.3, -0.25) is 14.5 Å². The molecule has 3 aliphatic rings. The number of carbonyl (C=O) groups excluding carboxylic acids is 1. The fraction of sp³-hybridized carbons (Fsp3) is 0.619. The normalized spacial score (nSPS) is 24.7. The van der Waals surface area contributed by atoms with Gasteiger partial charge in [0.25, 0.3) is 0 Å². The quantitative estimate of drug-likeness (QED) is 0.731. The zero-order valence-corrected chi connectivity index (χ0v) is 16.0. The van der Waals surface area contributed by atoms with Crippen LogP contribution in [0.15, 0.2) is 18.2 Å². The van der Waals surface area contributed by atoms with Crippen LogP contribution in [0.2, 0.25) is 0 Å². The van der Waals surface area contributed by atoms with Crippen LogP contribution in [0, 0.1) is 5.92 Å². The van der Waals surface area contributed by atoms with Gasteiger partial charge < -0.3 is 15.3 Å². The summed E-state index contributed by atoms with van der Waals surface area (Å²) in [5.41, 5.74) is 3.53. The lowest BCUT2D eigenvalue weighted by Crippen LogP contribution is -2.54. The van der Waals surface area contributed by atoms with Crippen molar-refractivity contribution in [3.8, 4) is 0 Å². The molecule has 2 saturated carbocycles. The second-order valence-corrected chi connectivity index (χ2v) is 8.39. The Balaban J connectivity index is 1.27. The number of anilines is 1. The van der Waals surface area contributed by atoms with Gasteiger partial charge in [0.1, 0.15) is 0 Å². The molecule has 27 heavy (non-hydrogen) atoms. The van der Waals surface area contributed by atoms with Gasteiger partial charge in [0.05, 0.1) is 6.54 Å². The molecule has 2 fully saturated rings. The largest absolute Gasteiger partial charge is 0.480 e. The highest BCUT2D eigenvalue weighted by atomic mass is 16.4. The first-order valence-electron chi connectivity index (χ1n) is 10.1. The lowest BCUT2D eigenvalue weighted by atomic mass is 9.85. The Hall–Kier alpha value is -1.92. The van der Waals surface area contributed by atoms with Gasteiger partial charge in [0, 0.05) is 44.3 Å². The van der Waals surface area contributed by atoms with Crippen molar-refractivity contribution in [2.24, 2.45) is 5.92 Å². The summed E-state index contributed by atoms with van der Waals surface area (Å²) in [7, 11) is 1.84. The number of carboxylic acid groups (broad SMARTS) is 1. The maximum atomic E-state index is 11.8. The molecule has 4 rings (SSSR count). The molecular weight excluding hydrogens is 342 g/mol. The van der Waals surface area contributed by atoms with Crippen LogP contribution in [0.3, 0.4) is 0 Å². The molecule has 0 aromatic heterocycles. The van der Waals surface area contributed by atoms with Gasteiger partial charge in [-0.2, -0.15) is 0 Å². The van der Waals surface area contributed by atoms with Crippen molar-refractivity contribution in [1.82, 2.24) is 10.2 Å². The number of aliphatic carboxylic acids is 1. The standard InChI is InChI=1S/C21H29N3O3/c1-23-19-6-4-15(8-16(19)5-7-20(23)25)11-22-17-9-18(10-17)24(13-21(26)27)12-14-2-3-14/h4,6,8,14,17-18,22H,2-3,5,7,9-13H2,1H3,(H,26,27). The minimum atomic E-state index is -0.718. The van der Waals surface area contributed by atoms with Crippen LogP contribution in [0.1, 0.15) is 43.2 Å². The first-order chi connectivity index (χ1) is 13.0. The van der Waals surface area contributed by atoms with Crippen LogP contribution < -0.4 is 10.2 Å². The minimum absolute atomic E-state index is 0.172. The molecule has 1 heterocycles. The molecule has 0 unspecified atom stereocenters. The molecule has 1 aromatic rings. The topological polar surface area (TPSA) is 72.9 Å². The minimum Gasteiger partial charge on any atom is -0.480 e. The summed E-state index contributed by atoms with van der Waals surface area (Å²) in [6, 6.07) is 7.23. The van der Waals surface area contributed by atoms with Gasteiger partial charge in [-0.25, -0.2) is 0 Å². The van der Waals surface area contributed by atoms with Crippen LogP contribution in [0.25, 0.3) is 0 Å². The van der Waals surface area contributed by atoms with Crippen molar-refractivity contribution < 1.29 is 14.7 Å². The number of amides is 1. The molecule has 0 saturated heterocycles. The third kappa shape index (κ3) is 4.33. The average molecular weight is 371 g/mol. The fourth-order valence-corrected chi connectivity index (χ4v) is 4.28. The number of fused-ring (bicyclic) bond motifs is 1. The van der Waals surface area contributed by atoms with E-state index >= 15 is 0 Å². The van der Waals surface area contributed by atoms with Gasteiger partial charge in [-0.15, -0.1) is 0 Å². The second kappa shape index (κ2) is 7.60. The summed E-state index contributed by atoms with van der Waals surface area (Å²) < 4.78 is 0. The van der Waals surface area contributed by atoms with E-state index in [1.807, 2.05) is 7.05 Å². The van der Waals surface area contributed by atoms with E-state index < -0.39 is 5.97 Å². The fourth-order valence-electron chi connectivity index (χ4n) is 4.28. The zero-order valence-electron chi connectivity index (χ0n) is 16.0. The maximum Gasteiger partial charge on any atom is 0.317 e. The van der Waals surface area contributed by atoms with Gasteiger partial charge in [0.15, 0.2) is 0 Å². The van der Waals surface area contributed by atoms with E-state index in [0.717, 1.165) is 44.0 Å². The van der Waals surface area contributed by atoms with Crippen LogP contribution in [-0.4, -0.2) is 54.1 Å². The number of nitrogens with zero attached hydrogens (tertiary/aromatic N) is 2. The summed E-state index contributed by atoms with van der Waals surface area (Å²) in [5.74, 6) is 0.187. The van der Waals surface area contributed by atoms with E-state index in [9.17, 15) is 9.59 Å². The lowest BCUT2D eigenvalue weighted by molar-refractivity contribution is -0.139. The highest BCUT2D eigenvalue weighted by Crippen LogP contribution is 2.34. The molecule has 1 amide bonds. The number of carboxylic acids is 1. The molecular formula is C21H29N3O3. The van der Waals surface area contributed by atoms with Crippen molar-refractivity contribution >= 4 is 17.6 Å². The number of benzene rings is 1. The van der Waals surface area contributed by atoms with E-state index in [1.165, 1.54) is 24.0 Å². The van der Waals surface area contributed by atoms with Gasteiger partial charge in [0.2, 0.25) is 5.91 Å². The first kappa shape index (κ1) is 18.4. The van der Waals surface area contributed by atoms with E-state index in [0.29, 0.717) is 18.5 Å². The first-order valence-corrected chi connectivity index (χ1v) is 10.1. The summed E-state index contributed by atoms with van der Waals surface area (Å²) in [6.07, 6.45) is 5.98. The number of rotatable bonds is 8. The van der Waals surface area contributed by atoms with Crippen LogP contribution in [0.4, 0.5) is 5.69 Å². The monoisotopic (exact) mass is 371 g/mol. The molecule has 0 atom stereocenters. The average Bonchev–Trinajstić information content (AvgIpc) is 3.40. The molecule has 146 valence electrons. The van der Waals surface area contributed by atoms with E-state index in [4.69, 9.17) is 5.11 Å². The van der Waals surface area contributed by atoms with E-state index in [2.05, 4.69) is 28.4 Å². The molecule has 2 N–H and O–H groups in total. The number of hydrogen-bond acceptors (Lipinski definition) is 4. The molecule has 0 spiro atoms. The van der Waals surface area contributed by atoms with Crippen molar-refractivity contribution in [3.05, 3.63) is 29.3 Å². The second-order valence-electron chi connectivity index (χ2n) is 8.39. The number of hydrogen-bond donors (Lipinski definition) is 2. The van der Waals surface area contributed by atoms with Crippen LogP contribution in [-0.2, 0) is 22.6 Å². The molecule has 1 aliphatic heterocycles. The van der Waals surface area contributed by atoms with Crippen molar-refractivity contribution in [3.63, 3.8) is 0 Å². The number of aryl methyl sites for hydroxylation is 1.